The van der Waals surface area contributed by atoms with E-state index in [0.29, 0.717) is 0 Å². The van der Waals surface area contributed by atoms with E-state index in [1.54, 1.807) is 9.13 Å². The van der Waals surface area contributed by atoms with Crippen LogP contribution in [0.5, 0.6) is 0 Å². The van der Waals surface area contributed by atoms with Crippen LogP contribution < -0.4 is 11.0 Å². The number of nitrogens with one attached hydrogen (secondary N) is 1. The Hall–Kier alpha value is -2.04. The summed E-state index contributed by atoms with van der Waals surface area (Å²) in [6.45, 7) is 1.75. The van der Waals surface area contributed by atoms with Crippen LogP contribution >= 0.6 is 12.4 Å². The SMILES string of the molecule is Cl.Cn1c(=O)n(C)c2cc(CNCCc3ccccc3)ccc21. The number of halogens is 1. The Balaban J connectivity index is 0.00000192. The second-order valence-electron chi connectivity index (χ2n) is 5.64. The Morgan fingerprint density at radius 3 is 2.35 bits per heavy atom. The molecule has 0 spiro atoms. The lowest BCUT2D eigenvalue weighted by molar-refractivity contribution is 0.687. The molecule has 0 aliphatic heterocycles. The van der Waals surface area contributed by atoms with Crippen LogP contribution in [0.4, 0.5) is 0 Å². The van der Waals surface area contributed by atoms with Crippen molar-refractivity contribution in [3.63, 3.8) is 0 Å². The first-order valence-corrected chi connectivity index (χ1v) is 7.56. The van der Waals surface area contributed by atoms with Gasteiger partial charge in [-0.3, -0.25) is 9.13 Å². The number of hydrogen-bond donors (Lipinski definition) is 1. The summed E-state index contributed by atoms with van der Waals surface area (Å²) in [4.78, 5) is 11.9. The molecule has 0 bridgehead atoms. The predicted molar refractivity (Wildman–Crippen MR) is 97.3 cm³/mol. The van der Waals surface area contributed by atoms with E-state index in [2.05, 4.69) is 41.7 Å². The number of aromatic nitrogens is 2. The number of aryl methyl sites for hydroxylation is 2. The van der Waals surface area contributed by atoms with Crippen molar-refractivity contribution in [3.05, 3.63) is 70.1 Å². The molecule has 2 aromatic carbocycles. The molecule has 0 saturated heterocycles. The van der Waals surface area contributed by atoms with Gasteiger partial charge in [0.25, 0.3) is 0 Å². The molecule has 3 aromatic rings. The van der Waals surface area contributed by atoms with Gasteiger partial charge in [-0.25, -0.2) is 4.79 Å². The van der Waals surface area contributed by atoms with Gasteiger partial charge in [-0.15, -0.1) is 12.4 Å². The van der Waals surface area contributed by atoms with Crippen LogP contribution in [0.2, 0.25) is 0 Å². The Morgan fingerprint density at radius 2 is 1.61 bits per heavy atom. The van der Waals surface area contributed by atoms with Crippen LogP contribution in [0.3, 0.4) is 0 Å². The monoisotopic (exact) mass is 331 g/mol. The molecule has 1 N–H and O–H groups in total. The van der Waals surface area contributed by atoms with E-state index in [-0.39, 0.29) is 18.1 Å². The summed E-state index contributed by atoms with van der Waals surface area (Å²) in [7, 11) is 3.62. The minimum Gasteiger partial charge on any atom is -0.312 e. The molecule has 0 amide bonds. The molecule has 122 valence electrons. The molecule has 0 radical (unpaired) electrons. The lowest BCUT2D eigenvalue weighted by Crippen LogP contribution is -2.19. The molecule has 1 aromatic heterocycles. The van der Waals surface area contributed by atoms with Crippen LogP contribution in [0.15, 0.2) is 53.3 Å². The molecule has 1 heterocycles. The summed E-state index contributed by atoms with van der Waals surface area (Å²) in [5.74, 6) is 0. The molecule has 0 unspecified atom stereocenters. The average Bonchev–Trinajstić information content (AvgIpc) is 2.77. The van der Waals surface area contributed by atoms with Gasteiger partial charge in [-0.1, -0.05) is 36.4 Å². The second kappa shape index (κ2) is 7.49. The summed E-state index contributed by atoms with van der Waals surface area (Å²) in [5, 5.41) is 3.46. The summed E-state index contributed by atoms with van der Waals surface area (Å²) in [6, 6.07) is 16.7. The van der Waals surface area contributed by atoms with Crippen LogP contribution in [-0.2, 0) is 27.1 Å². The van der Waals surface area contributed by atoms with Gasteiger partial charge in [0.05, 0.1) is 11.0 Å². The maximum atomic E-state index is 11.9. The van der Waals surface area contributed by atoms with Crippen LogP contribution in [0.25, 0.3) is 11.0 Å². The van der Waals surface area contributed by atoms with E-state index in [4.69, 9.17) is 0 Å². The first-order valence-electron chi connectivity index (χ1n) is 7.56. The van der Waals surface area contributed by atoms with Crippen LogP contribution in [0, 0.1) is 0 Å². The first-order chi connectivity index (χ1) is 10.7. The smallest absolute Gasteiger partial charge is 0.312 e. The molecule has 5 heteroatoms. The number of hydrogen-bond acceptors (Lipinski definition) is 2. The van der Waals surface area contributed by atoms with Crippen molar-refractivity contribution in [1.29, 1.82) is 0 Å². The fourth-order valence-electron chi connectivity index (χ4n) is 2.77. The van der Waals surface area contributed by atoms with Gasteiger partial charge in [-0.2, -0.15) is 0 Å². The molecule has 0 atom stereocenters. The van der Waals surface area contributed by atoms with Gasteiger partial charge in [0, 0.05) is 20.6 Å². The lowest BCUT2D eigenvalue weighted by Gasteiger charge is -2.06. The van der Waals surface area contributed by atoms with Crippen molar-refractivity contribution in [1.82, 2.24) is 14.5 Å². The molecule has 3 rings (SSSR count). The Bertz CT molecular complexity index is 837. The Morgan fingerprint density at radius 1 is 0.913 bits per heavy atom. The van der Waals surface area contributed by atoms with E-state index >= 15 is 0 Å². The molecule has 0 aliphatic carbocycles. The van der Waals surface area contributed by atoms with Gasteiger partial charge >= 0.3 is 5.69 Å². The minimum atomic E-state index is 0. The summed E-state index contributed by atoms with van der Waals surface area (Å²) in [5.41, 5.74) is 4.51. The zero-order valence-corrected chi connectivity index (χ0v) is 14.3. The third kappa shape index (κ3) is 3.66. The minimum absolute atomic E-state index is 0. The number of nitrogens with zero attached hydrogens (tertiary/aromatic N) is 2. The third-order valence-corrected chi connectivity index (χ3v) is 4.10. The van der Waals surface area contributed by atoms with Crippen LogP contribution in [0.1, 0.15) is 11.1 Å². The zero-order chi connectivity index (χ0) is 15.5. The van der Waals surface area contributed by atoms with Gasteiger partial charge < -0.3 is 5.32 Å². The average molecular weight is 332 g/mol. The van der Waals surface area contributed by atoms with Gasteiger partial charge in [0.1, 0.15) is 0 Å². The van der Waals surface area contributed by atoms with Crippen molar-refractivity contribution in [3.8, 4) is 0 Å². The highest BCUT2D eigenvalue weighted by atomic mass is 35.5. The number of benzene rings is 2. The molecular formula is C18H22ClN3O. The largest absolute Gasteiger partial charge is 0.328 e. The van der Waals surface area contributed by atoms with E-state index in [1.807, 2.05) is 26.2 Å². The fourth-order valence-corrected chi connectivity index (χ4v) is 2.77. The van der Waals surface area contributed by atoms with Crippen LogP contribution in [-0.4, -0.2) is 15.7 Å². The van der Waals surface area contributed by atoms with Crippen molar-refractivity contribution in [2.24, 2.45) is 14.1 Å². The zero-order valence-electron chi connectivity index (χ0n) is 13.5. The Kier molecular flexibility index (Phi) is 5.64. The molecule has 4 nitrogen and oxygen atoms in total. The first kappa shape index (κ1) is 17.3. The summed E-state index contributed by atoms with van der Waals surface area (Å²) < 4.78 is 3.38. The number of imidazole rings is 1. The van der Waals surface area contributed by atoms with Gasteiger partial charge in [0.2, 0.25) is 0 Å². The predicted octanol–water partition coefficient (Wildman–Crippen LogP) is 2.63. The van der Waals surface area contributed by atoms with Gasteiger partial charge in [-0.05, 0) is 36.2 Å². The molecule has 0 aliphatic rings. The summed E-state index contributed by atoms with van der Waals surface area (Å²) >= 11 is 0. The normalized spacial score (nSPS) is 10.7. The standard InChI is InChI=1S/C18H21N3O.ClH/c1-20-16-9-8-15(12-17(16)21(2)18(20)22)13-19-11-10-14-6-4-3-5-7-14;/h3-9,12,19H,10-11,13H2,1-2H3;1H. The molecular weight excluding hydrogens is 310 g/mol. The van der Waals surface area contributed by atoms with E-state index < -0.39 is 0 Å². The van der Waals surface area contributed by atoms with Crippen molar-refractivity contribution in [2.45, 2.75) is 13.0 Å². The second-order valence-corrected chi connectivity index (χ2v) is 5.64. The number of fused-ring (bicyclic) bond motifs is 1. The van der Waals surface area contributed by atoms with Crippen molar-refractivity contribution >= 4 is 23.4 Å². The quantitative estimate of drug-likeness (QED) is 0.730. The number of rotatable bonds is 5. The molecule has 0 saturated carbocycles. The van der Waals surface area contributed by atoms with E-state index in [1.165, 1.54) is 11.1 Å². The summed E-state index contributed by atoms with van der Waals surface area (Å²) in [6.07, 6.45) is 1.02. The highest BCUT2D eigenvalue weighted by Crippen LogP contribution is 2.13. The maximum absolute atomic E-state index is 11.9. The molecule has 23 heavy (non-hydrogen) atoms. The Labute approximate surface area is 142 Å². The fraction of sp³-hybridized carbons (Fsp3) is 0.278. The topological polar surface area (TPSA) is 39.0 Å². The van der Waals surface area contributed by atoms with E-state index in [9.17, 15) is 4.79 Å². The van der Waals surface area contributed by atoms with Gasteiger partial charge in [0.15, 0.2) is 0 Å². The molecule has 0 fully saturated rings. The maximum Gasteiger partial charge on any atom is 0.328 e. The van der Waals surface area contributed by atoms with E-state index in [0.717, 1.165) is 30.5 Å². The van der Waals surface area contributed by atoms with Crippen molar-refractivity contribution < 1.29 is 0 Å². The third-order valence-electron chi connectivity index (χ3n) is 4.10. The highest BCUT2D eigenvalue weighted by molar-refractivity contribution is 5.85. The van der Waals surface area contributed by atoms with Crippen molar-refractivity contribution in [2.75, 3.05) is 6.54 Å². The lowest BCUT2D eigenvalue weighted by atomic mass is 10.1. The highest BCUT2D eigenvalue weighted by Gasteiger charge is 2.07.